The molecule has 1 aromatic carbocycles. The van der Waals surface area contributed by atoms with Crippen LogP contribution >= 0.6 is 0 Å². The van der Waals surface area contributed by atoms with Crippen LogP contribution in [0.25, 0.3) is 0 Å². The van der Waals surface area contributed by atoms with E-state index in [9.17, 15) is 17.6 Å². The van der Waals surface area contributed by atoms with Crippen LogP contribution in [0.5, 0.6) is 0 Å². The van der Waals surface area contributed by atoms with Gasteiger partial charge in [0.1, 0.15) is 10.7 Å². The van der Waals surface area contributed by atoms with Crippen LogP contribution in [0.2, 0.25) is 0 Å². The number of sulfonamides is 1. The van der Waals surface area contributed by atoms with E-state index in [1.807, 2.05) is 0 Å². The quantitative estimate of drug-likeness (QED) is 0.739. The molecule has 2 rings (SSSR count). The van der Waals surface area contributed by atoms with Crippen molar-refractivity contribution in [1.82, 2.24) is 9.62 Å². The van der Waals surface area contributed by atoms with Gasteiger partial charge >= 0.3 is 0 Å². The van der Waals surface area contributed by atoms with Crippen molar-refractivity contribution in [2.45, 2.75) is 11.8 Å². The summed E-state index contributed by atoms with van der Waals surface area (Å²) in [5, 5.41) is 2.51. The molecule has 19 heavy (non-hydrogen) atoms. The number of aryl methyl sites for hydroxylation is 1. The Morgan fingerprint density at radius 3 is 2.74 bits per heavy atom. The lowest BCUT2D eigenvalue weighted by Crippen LogP contribution is -2.50. The molecule has 6 nitrogen and oxygen atoms in total. The number of nitrogens with zero attached hydrogens (tertiary/aromatic N) is 1. The van der Waals surface area contributed by atoms with Gasteiger partial charge in [0.05, 0.1) is 6.54 Å². The smallest absolute Gasteiger partial charge is 0.246 e. The molecule has 0 bridgehead atoms. The molecule has 1 heterocycles. The minimum absolute atomic E-state index is 0.112. The average molecular weight is 287 g/mol. The summed E-state index contributed by atoms with van der Waals surface area (Å²) >= 11 is 0. The van der Waals surface area contributed by atoms with Gasteiger partial charge in [-0.2, -0.15) is 4.31 Å². The van der Waals surface area contributed by atoms with Gasteiger partial charge in [-0.25, -0.2) is 12.8 Å². The summed E-state index contributed by atoms with van der Waals surface area (Å²) in [5.41, 5.74) is 5.87. The standard InChI is InChI=1S/C11H14FN3O3S/c1-7-4-8(13)5-9(11(7)12)19(17,18)15-3-2-14-10(16)6-15/h4-5H,2-3,6,13H2,1H3,(H,14,16). The highest BCUT2D eigenvalue weighted by molar-refractivity contribution is 7.89. The van der Waals surface area contributed by atoms with Gasteiger partial charge in [0.2, 0.25) is 15.9 Å². The van der Waals surface area contributed by atoms with Gasteiger partial charge in [0.15, 0.2) is 0 Å². The number of rotatable bonds is 2. The normalized spacial score (nSPS) is 17.3. The van der Waals surface area contributed by atoms with Gasteiger partial charge in [0, 0.05) is 18.8 Å². The summed E-state index contributed by atoms with van der Waals surface area (Å²) in [5.74, 6) is -1.24. The third kappa shape index (κ3) is 2.54. The summed E-state index contributed by atoms with van der Waals surface area (Å²) in [7, 11) is -4.05. The first-order valence-electron chi connectivity index (χ1n) is 5.65. The third-order valence-electron chi connectivity index (χ3n) is 2.86. The maximum atomic E-state index is 14.0. The highest BCUT2D eigenvalue weighted by Gasteiger charge is 2.32. The van der Waals surface area contributed by atoms with Crippen molar-refractivity contribution in [3.05, 3.63) is 23.5 Å². The number of hydrogen-bond acceptors (Lipinski definition) is 4. The fourth-order valence-electron chi connectivity index (χ4n) is 1.91. The number of nitrogens with one attached hydrogen (secondary N) is 1. The molecule has 0 atom stereocenters. The molecule has 0 saturated carbocycles. The van der Waals surface area contributed by atoms with E-state index in [2.05, 4.69) is 5.32 Å². The summed E-state index contributed by atoms with van der Waals surface area (Å²) in [4.78, 5) is 10.7. The van der Waals surface area contributed by atoms with Gasteiger partial charge in [0.25, 0.3) is 0 Å². The second-order valence-corrected chi connectivity index (χ2v) is 6.24. The number of amides is 1. The fourth-order valence-corrected chi connectivity index (χ4v) is 3.48. The van der Waals surface area contributed by atoms with Crippen molar-refractivity contribution in [3.63, 3.8) is 0 Å². The van der Waals surface area contributed by atoms with Crippen molar-refractivity contribution >= 4 is 21.6 Å². The monoisotopic (exact) mass is 287 g/mol. The average Bonchev–Trinajstić information content (AvgIpc) is 2.33. The Morgan fingerprint density at radius 2 is 2.11 bits per heavy atom. The lowest BCUT2D eigenvalue weighted by Gasteiger charge is -2.26. The Kier molecular flexibility index (Phi) is 3.46. The number of anilines is 1. The van der Waals surface area contributed by atoms with E-state index in [0.29, 0.717) is 0 Å². The van der Waals surface area contributed by atoms with Crippen molar-refractivity contribution in [2.24, 2.45) is 0 Å². The number of nitrogen functional groups attached to an aromatic ring is 1. The topological polar surface area (TPSA) is 92.5 Å². The fraction of sp³-hybridized carbons (Fsp3) is 0.364. The predicted octanol–water partition coefficient (Wildman–Crippen LogP) is -0.163. The van der Waals surface area contributed by atoms with Crippen LogP contribution in [-0.4, -0.2) is 38.3 Å². The maximum Gasteiger partial charge on any atom is 0.246 e. The summed E-state index contributed by atoms with van der Waals surface area (Å²) in [6.07, 6.45) is 0. The highest BCUT2D eigenvalue weighted by Crippen LogP contribution is 2.24. The zero-order valence-corrected chi connectivity index (χ0v) is 11.1. The van der Waals surface area contributed by atoms with Gasteiger partial charge in [-0.1, -0.05) is 0 Å². The van der Waals surface area contributed by atoms with Crippen LogP contribution < -0.4 is 11.1 Å². The lowest BCUT2D eigenvalue weighted by molar-refractivity contribution is -0.122. The van der Waals surface area contributed by atoms with Crippen LogP contribution in [0.4, 0.5) is 10.1 Å². The van der Waals surface area contributed by atoms with Crippen molar-refractivity contribution in [2.75, 3.05) is 25.4 Å². The van der Waals surface area contributed by atoms with Crippen LogP contribution in [0.1, 0.15) is 5.56 Å². The SMILES string of the molecule is Cc1cc(N)cc(S(=O)(=O)N2CCNC(=O)C2)c1F. The number of hydrogen-bond donors (Lipinski definition) is 2. The molecule has 1 aliphatic heterocycles. The van der Waals surface area contributed by atoms with Crippen molar-refractivity contribution in [3.8, 4) is 0 Å². The first kappa shape index (κ1) is 13.8. The second-order valence-electron chi connectivity index (χ2n) is 4.34. The molecule has 0 unspecified atom stereocenters. The molecule has 0 spiro atoms. The second kappa shape index (κ2) is 4.78. The summed E-state index contributed by atoms with van der Waals surface area (Å²) in [6.45, 7) is 1.45. The van der Waals surface area contributed by atoms with Gasteiger partial charge < -0.3 is 11.1 Å². The number of halogens is 1. The van der Waals surface area contributed by atoms with E-state index in [-0.39, 0.29) is 30.9 Å². The zero-order valence-electron chi connectivity index (χ0n) is 10.3. The molecule has 1 aromatic rings. The Labute approximate surface area is 110 Å². The molecule has 1 saturated heterocycles. The van der Waals surface area contributed by atoms with Crippen molar-refractivity contribution in [1.29, 1.82) is 0 Å². The number of nitrogens with two attached hydrogens (primary N) is 1. The Balaban J connectivity index is 2.47. The van der Waals surface area contributed by atoms with Crippen LogP contribution in [-0.2, 0) is 14.8 Å². The highest BCUT2D eigenvalue weighted by atomic mass is 32.2. The minimum Gasteiger partial charge on any atom is -0.399 e. The number of piperazine rings is 1. The molecule has 0 radical (unpaired) electrons. The van der Waals surface area contributed by atoms with Gasteiger partial charge in [-0.05, 0) is 24.6 Å². The molecule has 1 amide bonds. The van der Waals surface area contributed by atoms with Crippen LogP contribution in [0.15, 0.2) is 17.0 Å². The third-order valence-corrected chi connectivity index (χ3v) is 4.71. The van der Waals surface area contributed by atoms with E-state index in [1.165, 1.54) is 13.0 Å². The van der Waals surface area contributed by atoms with E-state index in [0.717, 1.165) is 10.4 Å². The van der Waals surface area contributed by atoms with E-state index in [1.54, 1.807) is 0 Å². The zero-order chi connectivity index (χ0) is 14.2. The summed E-state index contributed by atoms with van der Waals surface area (Å²) in [6, 6.07) is 2.43. The van der Waals surface area contributed by atoms with Gasteiger partial charge in [-0.3, -0.25) is 4.79 Å². The van der Waals surface area contributed by atoms with E-state index in [4.69, 9.17) is 5.73 Å². The molecule has 0 aliphatic carbocycles. The molecular weight excluding hydrogens is 273 g/mol. The van der Waals surface area contributed by atoms with E-state index >= 15 is 0 Å². The first-order valence-corrected chi connectivity index (χ1v) is 7.09. The number of benzene rings is 1. The molecule has 8 heteroatoms. The predicted molar refractivity (Wildman–Crippen MR) is 67.3 cm³/mol. The number of carbonyl (C=O) groups is 1. The van der Waals surface area contributed by atoms with E-state index < -0.39 is 26.6 Å². The van der Waals surface area contributed by atoms with Gasteiger partial charge in [-0.15, -0.1) is 0 Å². The Hall–Kier alpha value is -1.67. The number of carbonyl (C=O) groups excluding carboxylic acids is 1. The summed E-state index contributed by atoms with van der Waals surface area (Å²) < 4.78 is 39.5. The molecule has 3 N–H and O–H groups in total. The molecular formula is C11H14FN3O3S. The largest absolute Gasteiger partial charge is 0.399 e. The van der Waals surface area contributed by atoms with Crippen molar-refractivity contribution < 1.29 is 17.6 Å². The van der Waals surface area contributed by atoms with Crippen LogP contribution in [0, 0.1) is 12.7 Å². The molecule has 0 aromatic heterocycles. The Bertz CT molecular complexity index is 630. The first-order chi connectivity index (χ1) is 8.82. The maximum absolute atomic E-state index is 14.0. The lowest BCUT2D eigenvalue weighted by atomic mass is 10.2. The minimum atomic E-state index is -4.05. The molecule has 1 fully saturated rings. The molecule has 104 valence electrons. The molecule has 1 aliphatic rings. The Morgan fingerprint density at radius 1 is 1.42 bits per heavy atom. The van der Waals surface area contributed by atoms with Crippen LogP contribution in [0.3, 0.4) is 0 Å².